The molecule has 7 nitrogen and oxygen atoms in total. The summed E-state index contributed by atoms with van der Waals surface area (Å²) in [5, 5.41) is 20.2. The molecular formula is C16H10N2O5. The topological polar surface area (TPSA) is 102 Å². The van der Waals surface area contributed by atoms with Crippen molar-refractivity contribution in [3.8, 4) is 5.75 Å². The molecule has 3 rings (SSSR count). The monoisotopic (exact) mass is 310 g/mol. The third-order valence-electron chi connectivity index (χ3n) is 3.14. The third-order valence-corrected chi connectivity index (χ3v) is 3.14. The molecular weight excluding hydrogens is 300 g/mol. The maximum absolute atomic E-state index is 11.9. The lowest BCUT2D eigenvalue weighted by Gasteiger charge is -1.98. The second-order valence-corrected chi connectivity index (χ2v) is 4.71. The van der Waals surface area contributed by atoms with Crippen molar-refractivity contribution < 1.29 is 19.6 Å². The number of nitrogens with zero attached hydrogens (tertiary/aromatic N) is 2. The molecule has 0 bridgehead atoms. The van der Waals surface area contributed by atoms with Crippen LogP contribution in [0.15, 0.2) is 59.2 Å². The van der Waals surface area contributed by atoms with Gasteiger partial charge in [0.15, 0.2) is 11.4 Å². The molecule has 1 aliphatic heterocycles. The second-order valence-electron chi connectivity index (χ2n) is 4.71. The molecule has 0 saturated carbocycles. The molecule has 0 amide bonds. The van der Waals surface area contributed by atoms with Gasteiger partial charge >= 0.3 is 11.7 Å². The number of ether oxygens (including phenoxy) is 1. The molecule has 2 aromatic carbocycles. The molecule has 0 radical (unpaired) electrons. The van der Waals surface area contributed by atoms with Gasteiger partial charge in [-0.2, -0.15) is 0 Å². The number of phenolic OH excluding ortho intramolecular Hbond substituents is 1. The standard InChI is InChI=1S/C16H10N2O5/c19-14-7-6-10(9-13(14)18(21)22)8-12-16(20)23-15(17-12)11-4-2-1-3-5-11/h1-9,19H/b12-8-. The van der Waals surface area contributed by atoms with Crippen LogP contribution >= 0.6 is 0 Å². The van der Waals surface area contributed by atoms with Crippen LogP contribution < -0.4 is 0 Å². The average molecular weight is 310 g/mol. The molecule has 0 aliphatic carbocycles. The van der Waals surface area contributed by atoms with Crippen molar-refractivity contribution in [3.63, 3.8) is 0 Å². The van der Waals surface area contributed by atoms with Crippen molar-refractivity contribution in [2.24, 2.45) is 4.99 Å². The van der Waals surface area contributed by atoms with Gasteiger partial charge in [-0.25, -0.2) is 9.79 Å². The number of nitro benzene ring substituents is 1. The molecule has 2 aromatic rings. The van der Waals surface area contributed by atoms with Gasteiger partial charge in [-0.05, 0) is 29.8 Å². The van der Waals surface area contributed by atoms with Crippen LogP contribution in [0.4, 0.5) is 5.69 Å². The third kappa shape index (κ3) is 2.93. The zero-order valence-corrected chi connectivity index (χ0v) is 11.7. The van der Waals surface area contributed by atoms with Crippen molar-refractivity contribution in [1.82, 2.24) is 0 Å². The van der Waals surface area contributed by atoms with E-state index in [2.05, 4.69) is 4.99 Å². The zero-order chi connectivity index (χ0) is 16.4. The molecule has 0 saturated heterocycles. The summed E-state index contributed by atoms with van der Waals surface area (Å²) in [6.45, 7) is 0. The number of carbonyl (C=O) groups excluding carboxylic acids is 1. The van der Waals surface area contributed by atoms with E-state index in [1.54, 1.807) is 24.3 Å². The van der Waals surface area contributed by atoms with E-state index in [-0.39, 0.29) is 11.6 Å². The molecule has 114 valence electrons. The summed E-state index contributed by atoms with van der Waals surface area (Å²) in [6.07, 6.45) is 1.37. The van der Waals surface area contributed by atoms with Crippen molar-refractivity contribution in [2.45, 2.75) is 0 Å². The van der Waals surface area contributed by atoms with Crippen molar-refractivity contribution >= 4 is 23.6 Å². The van der Waals surface area contributed by atoms with E-state index in [0.717, 1.165) is 6.07 Å². The Morgan fingerprint density at radius 3 is 2.61 bits per heavy atom. The highest BCUT2D eigenvalue weighted by atomic mass is 16.6. The number of aromatic hydroxyl groups is 1. The van der Waals surface area contributed by atoms with Gasteiger partial charge in [0.2, 0.25) is 5.90 Å². The predicted octanol–water partition coefficient (Wildman–Crippen LogP) is 2.64. The van der Waals surface area contributed by atoms with Gasteiger partial charge in [0, 0.05) is 11.6 Å². The Hall–Kier alpha value is -3.48. The molecule has 0 atom stereocenters. The minimum absolute atomic E-state index is 0.0313. The molecule has 1 heterocycles. The van der Waals surface area contributed by atoms with Crippen LogP contribution in [0.5, 0.6) is 5.75 Å². The Morgan fingerprint density at radius 2 is 1.91 bits per heavy atom. The van der Waals surface area contributed by atoms with Gasteiger partial charge in [0.05, 0.1) is 4.92 Å². The number of hydrogen-bond acceptors (Lipinski definition) is 6. The summed E-state index contributed by atoms with van der Waals surface area (Å²) in [4.78, 5) is 26.1. The quantitative estimate of drug-likeness (QED) is 0.406. The lowest BCUT2D eigenvalue weighted by atomic mass is 10.1. The predicted molar refractivity (Wildman–Crippen MR) is 81.8 cm³/mol. The van der Waals surface area contributed by atoms with Gasteiger partial charge in [0.25, 0.3) is 0 Å². The van der Waals surface area contributed by atoms with Crippen LogP contribution in [0.2, 0.25) is 0 Å². The largest absolute Gasteiger partial charge is 0.502 e. The molecule has 0 aromatic heterocycles. The van der Waals surface area contributed by atoms with E-state index < -0.39 is 22.3 Å². The zero-order valence-electron chi connectivity index (χ0n) is 11.7. The molecule has 7 heteroatoms. The fraction of sp³-hybridized carbons (Fsp3) is 0. The van der Waals surface area contributed by atoms with Crippen molar-refractivity contribution in [3.05, 3.63) is 75.5 Å². The summed E-state index contributed by atoms with van der Waals surface area (Å²) >= 11 is 0. The normalized spacial score (nSPS) is 15.4. The Kier molecular flexibility index (Phi) is 3.60. The summed E-state index contributed by atoms with van der Waals surface area (Å²) < 4.78 is 5.09. The van der Waals surface area contributed by atoms with Gasteiger partial charge in [-0.3, -0.25) is 10.1 Å². The van der Waals surface area contributed by atoms with Crippen LogP contribution in [0.1, 0.15) is 11.1 Å². The number of esters is 1. The Balaban J connectivity index is 1.97. The summed E-state index contributed by atoms with van der Waals surface area (Å²) in [5.41, 5.74) is 0.599. The van der Waals surface area contributed by atoms with E-state index in [1.807, 2.05) is 6.07 Å². The van der Waals surface area contributed by atoms with Crippen molar-refractivity contribution in [1.29, 1.82) is 0 Å². The Labute approximate surface area is 130 Å². The smallest absolute Gasteiger partial charge is 0.363 e. The van der Waals surface area contributed by atoms with Crippen LogP contribution in [-0.4, -0.2) is 21.9 Å². The maximum atomic E-state index is 11.9. The summed E-state index contributed by atoms with van der Waals surface area (Å²) in [6, 6.07) is 12.7. The lowest BCUT2D eigenvalue weighted by Crippen LogP contribution is -2.04. The number of phenols is 1. The molecule has 0 unspecified atom stereocenters. The first-order chi connectivity index (χ1) is 11.0. The number of nitro groups is 1. The highest BCUT2D eigenvalue weighted by Crippen LogP contribution is 2.28. The molecule has 1 aliphatic rings. The summed E-state index contributed by atoms with van der Waals surface area (Å²) in [5.74, 6) is -0.908. The minimum Gasteiger partial charge on any atom is -0.502 e. The first-order valence-corrected chi connectivity index (χ1v) is 6.60. The van der Waals surface area contributed by atoms with E-state index in [1.165, 1.54) is 18.2 Å². The van der Waals surface area contributed by atoms with E-state index in [9.17, 15) is 20.0 Å². The number of carbonyl (C=O) groups is 1. The average Bonchev–Trinajstić information content (AvgIpc) is 2.91. The first-order valence-electron chi connectivity index (χ1n) is 6.60. The van der Waals surface area contributed by atoms with Crippen LogP contribution in [0.25, 0.3) is 6.08 Å². The number of aliphatic imine (C=N–C) groups is 1. The van der Waals surface area contributed by atoms with Crippen LogP contribution in [0.3, 0.4) is 0 Å². The fourth-order valence-electron chi connectivity index (χ4n) is 2.05. The number of rotatable bonds is 3. The van der Waals surface area contributed by atoms with Crippen LogP contribution in [0, 0.1) is 10.1 Å². The number of benzene rings is 2. The van der Waals surface area contributed by atoms with E-state index in [4.69, 9.17) is 4.74 Å². The molecule has 0 spiro atoms. The Bertz CT molecular complexity index is 856. The van der Waals surface area contributed by atoms with Crippen molar-refractivity contribution in [2.75, 3.05) is 0 Å². The molecule has 0 fully saturated rings. The van der Waals surface area contributed by atoms with Gasteiger partial charge < -0.3 is 9.84 Å². The Morgan fingerprint density at radius 1 is 1.17 bits per heavy atom. The molecule has 23 heavy (non-hydrogen) atoms. The highest BCUT2D eigenvalue weighted by Gasteiger charge is 2.24. The summed E-state index contributed by atoms with van der Waals surface area (Å²) in [7, 11) is 0. The van der Waals surface area contributed by atoms with E-state index >= 15 is 0 Å². The van der Waals surface area contributed by atoms with Gasteiger partial charge in [-0.1, -0.05) is 24.3 Å². The highest BCUT2D eigenvalue weighted by molar-refractivity contribution is 6.12. The number of cyclic esters (lactones) is 1. The second kappa shape index (κ2) is 5.72. The van der Waals surface area contributed by atoms with Gasteiger partial charge in [0.1, 0.15) is 0 Å². The lowest BCUT2D eigenvalue weighted by molar-refractivity contribution is -0.385. The maximum Gasteiger partial charge on any atom is 0.363 e. The van der Waals surface area contributed by atoms with Gasteiger partial charge in [-0.15, -0.1) is 0 Å². The first kappa shape index (κ1) is 14.5. The minimum atomic E-state index is -0.705. The fourth-order valence-corrected chi connectivity index (χ4v) is 2.05. The van der Waals surface area contributed by atoms with Crippen LogP contribution in [-0.2, 0) is 9.53 Å². The van der Waals surface area contributed by atoms with E-state index in [0.29, 0.717) is 11.1 Å². The molecule has 1 N–H and O–H groups in total. The SMILES string of the molecule is O=C1OC(c2ccccc2)=N/C1=C\c1ccc(O)c([N+](=O)[O-])c1. The number of hydrogen-bond donors (Lipinski definition) is 1.